The number of H-pyrrole nitrogens is 2. The van der Waals surface area contributed by atoms with E-state index in [1.165, 1.54) is 10.9 Å². The Morgan fingerprint density at radius 3 is 3.14 bits per heavy atom. The van der Waals surface area contributed by atoms with E-state index in [4.69, 9.17) is 0 Å². The first-order valence-electron chi connectivity index (χ1n) is 10.2. The number of fused-ring (bicyclic) bond motifs is 1. The standard InChI is InChI=1S/C22H25N5O2/c1-13(5-6-14-11-24-19-12-23-9-7-15(14)19)25-18-8-10-27-20-16(21(18)28)3-2-4-17(20)26-22(27)29/h2-4,7,9,11-13,18,21,24-25,28H,5-6,8,10H2,1H3,(H,26,29)/t13-,18-,21-/m1/s1. The lowest BCUT2D eigenvalue weighted by Crippen LogP contribution is -2.41. The molecule has 0 saturated heterocycles. The van der Waals surface area contributed by atoms with Crippen molar-refractivity contribution in [3.8, 4) is 0 Å². The number of imidazole rings is 1. The van der Waals surface area contributed by atoms with Gasteiger partial charge in [-0.3, -0.25) is 9.55 Å². The van der Waals surface area contributed by atoms with E-state index < -0.39 is 6.10 Å². The molecule has 0 saturated carbocycles. The fourth-order valence-electron chi connectivity index (χ4n) is 4.58. The van der Waals surface area contributed by atoms with Crippen molar-refractivity contribution in [2.75, 3.05) is 0 Å². The molecule has 4 aromatic rings. The van der Waals surface area contributed by atoms with Gasteiger partial charge < -0.3 is 20.4 Å². The zero-order chi connectivity index (χ0) is 20.0. The first-order valence-corrected chi connectivity index (χ1v) is 10.2. The summed E-state index contributed by atoms with van der Waals surface area (Å²) in [7, 11) is 0. The number of para-hydroxylation sites is 1. The molecule has 29 heavy (non-hydrogen) atoms. The van der Waals surface area contributed by atoms with Crippen LogP contribution in [0.4, 0.5) is 0 Å². The fraction of sp³-hybridized carbons (Fsp3) is 0.364. The first kappa shape index (κ1) is 18.1. The van der Waals surface area contributed by atoms with Gasteiger partial charge >= 0.3 is 5.69 Å². The Labute approximate surface area is 167 Å². The molecule has 0 unspecified atom stereocenters. The Hall–Kier alpha value is -2.90. The molecule has 5 rings (SSSR count). The van der Waals surface area contributed by atoms with Gasteiger partial charge in [-0.1, -0.05) is 12.1 Å². The van der Waals surface area contributed by atoms with Crippen LogP contribution in [0.25, 0.3) is 21.9 Å². The number of rotatable bonds is 5. The van der Waals surface area contributed by atoms with E-state index in [2.05, 4.69) is 33.4 Å². The van der Waals surface area contributed by atoms with E-state index in [1.54, 1.807) is 4.57 Å². The van der Waals surface area contributed by atoms with Crippen LogP contribution < -0.4 is 11.0 Å². The molecule has 0 bridgehead atoms. The second-order valence-corrected chi connectivity index (χ2v) is 8.01. The summed E-state index contributed by atoms with van der Waals surface area (Å²) in [5.74, 6) is 0. The molecule has 150 valence electrons. The van der Waals surface area contributed by atoms with Crippen molar-refractivity contribution in [1.82, 2.24) is 24.8 Å². The van der Waals surface area contributed by atoms with Crippen LogP contribution in [0.5, 0.6) is 0 Å². The largest absolute Gasteiger partial charge is 0.387 e. The molecule has 3 atom stereocenters. The second kappa shape index (κ2) is 7.17. The monoisotopic (exact) mass is 391 g/mol. The van der Waals surface area contributed by atoms with Gasteiger partial charge in [0.25, 0.3) is 0 Å². The Morgan fingerprint density at radius 2 is 2.24 bits per heavy atom. The minimum Gasteiger partial charge on any atom is -0.387 e. The van der Waals surface area contributed by atoms with Crippen molar-refractivity contribution in [3.63, 3.8) is 0 Å². The van der Waals surface area contributed by atoms with E-state index in [0.29, 0.717) is 13.0 Å². The van der Waals surface area contributed by atoms with Crippen LogP contribution >= 0.6 is 0 Å². The van der Waals surface area contributed by atoms with Gasteiger partial charge in [-0.15, -0.1) is 0 Å². The van der Waals surface area contributed by atoms with E-state index >= 15 is 0 Å². The van der Waals surface area contributed by atoms with Gasteiger partial charge in [0.05, 0.1) is 28.9 Å². The average Bonchev–Trinajstić information content (AvgIpc) is 3.24. The highest BCUT2D eigenvalue weighted by Crippen LogP contribution is 2.30. The van der Waals surface area contributed by atoms with Gasteiger partial charge in [-0.25, -0.2) is 4.79 Å². The van der Waals surface area contributed by atoms with Crippen LogP contribution in [0, 0.1) is 0 Å². The van der Waals surface area contributed by atoms with Crippen LogP contribution in [0.3, 0.4) is 0 Å². The van der Waals surface area contributed by atoms with Crippen molar-refractivity contribution >= 4 is 21.9 Å². The molecular formula is C22H25N5O2. The number of aromatic amines is 2. The molecule has 4 heterocycles. The highest BCUT2D eigenvalue weighted by molar-refractivity contribution is 5.82. The summed E-state index contributed by atoms with van der Waals surface area (Å²) in [6.07, 6.45) is 7.67. The number of hydrogen-bond acceptors (Lipinski definition) is 4. The lowest BCUT2D eigenvalue weighted by Gasteiger charge is -2.26. The quantitative estimate of drug-likeness (QED) is 0.420. The lowest BCUT2D eigenvalue weighted by atomic mass is 9.98. The summed E-state index contributed by atoms with van der Waals surface area (Å²) >= 11 is 0. The number of aliphatic hydroxyl groups is 1. The van der Waals surface area contributed by atoms with Crippen molar-refractivity contribution in [2.24, 2.45) is 0 Å². The zero-order valence-corrected chi connectivity index (χ0v) is 16.4. The highest BCUT2D eigenvalue weighted by Gasteiger charge is 2.29. The average molecular weight is 391 g/mol. The zero-order valence-electron chi connectivity index (χ0n) is 16.4. The molecule has 0 radical (unpaired) electrons. The number of hydrogen-bond donors (Lipinski definition) is 4. The van der Waals surface area contributed by atoms with E-state index in [-0.39, 0.29) is 17.8 Å². The van der Waals surface area contributed by atoms with Crippen molar-refractivity contribution in [1.29, 1.82) is 0 Å². The van der Waals surface area contributed by atoms with Gasteiger partial charge in [0.2, 0.25) is 0 Å². The Balaban J connectivity index is 1.31. The SMILES string of the molecule is C[C@H](CCc1c[nH]c2cnccc12)N[C@@H]1CCn2c(=O)[nH]c3cccc(c32)[C@H]1O. The van der Waals surface area contributed by atoms with Gasteiger partial charge in [0, 0.05) is 42.0 Å². The fourth-order valence-corrected chi connectivity index (χ4v) is 4.58. The van der Waals surface area contributed by atoms with Crippen molar-refractivity contribution in [3.05, 3.63) is 64.5 Å². The Bertz CT molecular complexity index is 1220. The van der Waals surface area contributed by atoms with Crippen molar-refractivity contribution in [2.45, 2.75) is 50.9 Å². The van der Waals surface area contributed by atoms with Gasteiger partial charge in [-0.2, -0.15) is 0 Å². The Morgan fingerprint density at radius 1 is 1.34 bits per heavy atom. The van der Waals surface area contributed by atoms with Crippen LogP contribution in [-0.2, 0) is 13.0 Å². The van der Waals surface area contributed by atoms with E-state index in [9.17, 15) is 9.90 Å². The molecule has 1 aliphatic rings. The van der Waals surface area contributed by atoms with E-state index in [1.807, 2.05) is 36.7 Å². The molecule has 0 fully saturated rings. The molecule has 7 nitrogen and oxygen atoms in total. The Kier molecular flexibility index (Phi) is 4.49. The van der Waals surface area contributed by atoms with Gasteiger partial charge in [0.15, 0.2) is 0 Å². The number of aryl methyl sites for hydroxylation is 2. The van der Waals surface area contributed by atoms with Gasteiger partial charge in [0.1, 0.15) is 0 Å². The lowest BCUT2D eigenvalue weighted by molar-refractivity contribution is 0.119. The number of nitrogens with zero attached hydrogens (tertiary/aromatic N) is 2. The highest BCUT2D eigenvalue weighted by atomic mass is 16.3. The van der Waals surface area contributed by atoms with Crippen LogP contribution in [0.15, 0.2) is 47.7 Å². The summed E-state index contributed by atoms with van der Waals surface area (Å²) in [5, 5.41) is 15.9. The number of benzene rings is 1. The number of pyridine rings is 1. The molecular weight excluding hydrogens is 366 g/mol. The normalized spacial score (nSPS) is 20.2. The number of aromatic nitrogens is 4. The van der Waals surface area contributed by atoms with Crippen LogP contribution in [-0.4, -0.2) is 36.7 Å². The predicted octanol–water partition coefficient (Wildman–Crippen LogP) is 2.62. The maximum Gasteiger partial charge on any atom is 0.326 e. The molecule has 0 aliphatic carbocycles. The summed E-state index contributed by atoms with van der Waals surface area (Å²) in [4.78, 5) is 22.6. The third kappa shape index (κ3) is 3.16. The minimum atomic E-state index is -0.649. The van der Waals surface area contributed by atoms with Crippen LogP contribution in [0.2, 0.25) is 0 Å². The minimum absolute atomic E-state index is 0.0953. The molecule has 0 amide bonds. The summed E-state index contributed by atoms with van der Waals surface area (Å²) in [6.45, 7) is 2.74. The summed E-state index contributed by atoms with van der Waals surface area (Å²) in [6, 6.07) is 7.87. The van der Waals surface area contributed by atoms with Gasteiger partial charge in [-0.05, 0) is 43.9 Å². The molecule has 3 aromatic heterocycles. The second-order valence-electron chi connectivity index (χ2n) is 8.01. The maximum absolute atomic E-state index is 12.3. The van der Waals surface area contributed by atoms with Crippen LogP contribution in [0.1, 0.15) is 37.0 Å². The molecule has 1 aliphatic heterocycles. The summed E-state index contributed by atoms with van der Waals surface area (Å²) < 4.78 is 1.75. The molecule has 7 heteroatoms. The predicted molar refractivity (Wildman–Crippen MR) is 113 cm³/mol. The molecule has 4 N–H and O–H groups in total. The number of nitrogens with one attached hydrogen (secondary N) is 3. The van der Waals surface area contributed by atoms with Crippen molar-refractivity contribution < 1.29 is 5.11 Å². The maximum atomic E-state index is 12.3. The van der Waals surface area contributed by atoms with E-state index in [0.717, 1.165) is 35.0 Å². The molecule has 1 aromatic carbocycles. The molecule has 0 spiro atoms. The smallest absolute Gasteiger partial charge is 0.326 e. The summed E-state index contributed by atoms with van der Waals surface area (Å²) in [5.41, 5.74) is 4.66. The first-order chi connectivity index (χ1) is 14.1. The third-order valence-corrected chi connectivity index (χ3v) is 6.10. The topological polar surface area (TPSA) is 98.7 Å². The number of aliphatic hydroxyl groups excluding tert-OH is 1. The third-order valence-electron chi connectivity index (χ3n) is 6.10.